The zero-order chi connectivity index (χ0) is 26.3. The summed E-state index contributed by atoms with van der Waals surface area (Å²) in [6.07, 6.45) is 2.80. The van der Waals surface area contributed by atoms with Crippen LogP contribution in [-0.2, 0) is 11.3 Å². The van der Waals surface area contributed by atoms with Crippen molar-refractivity contribution in [2.75, 3.05) is 41.8 Å². The third-order valence-electron chi connectivity index (χ3n) is 5.94. The van der Waals surface area contributed by atoms with Crippen molar-refractivity contribution < 1.29 is 18.7 Å². The van der Waals surface area contributed by atoms with Gasteiger partial charge in [-0.15, -0.1) is 0 Å². The van der Waals surface area contributed by atoms with Crippen LogP contribution < -0.4 is 20.3 Å². The van der Waals surface area contributed by atoms with Gasteiger partial charge in [0.15, 0.2) is 0 Å². The number of hydrogen-bond donors (Lipinski definition) is 2. The highest BCUT2D eigenvalue weighted by atomic mass is 35.5. The van der Waals surface area contributed by atoms with Crippen molar-refractivity contribution in [2.45, 2.75) is 6.61 Å². The first-order chi connectivity index (χ1) is 18.5. The lowest BCUT2D eigenvalue weighted by Crippen LogP contribution is -2.36. The van der Waals surface area contributed by atoms with Gasteiger partial charge in [-0.3, -0.25) is 4.79 Å². The number of morpholine rings is 1. The molecule has 0 spiro atoms. The number of nitrogens with one attached hydrogen (secondary N) is 2. The van der Waals surface area contributed by atoms with E-state index in [1.807, 2.05) is 24.3 Å². The van der Waals surface area contributed by atoms with Crippen LogP contribution in [0.15, 0.2) is 79.3 Å². The van der Waals surface area contributed by atoms with E-state index < -0.39 is 0 Å². The molecule has 1 aliphatic rings. The maximum atomic E-state index is 13.4. The second-order valence-electron chi connectivity index (χ2n) is 8.57. The van der Waals surface area contributed by atoms with E-state index in [4.69, 9.17) is 21.1 Å². The topological polar surface area (TPSA) is 88.6 Å². The Morgan fingerprint density at radius 1 is 1.05 bits per heavy atom. The SMILES string of the molecule is O=C(Nc1ccc(N2CCOCC2)cc1)c1cncnc1Nc1ccc(OCc2cccc(F)c2)c(Cl)c1. The average molecular weight is 534 g/mol. The molecule has 0 radical (unpaired) electrons. The van der Waals surface area contributed by atoms with Crippen LogP contribution in [0.5, 0.6) is 5.75 Å². The Labute approximate surface area is 224 Å². The largest absolute Gasteiger partial charge is 0.487 e. The molecule has 8 nitrogen and oxygen atoms in total. The Morgan fingerprint density at radius 2 is 1.84 bits per heavy atom. The molecule has 0 bridgehead atoms. The number of carbonyl (C=O) groups is 1. The molecule has 0 saturated carbocycles. The van der Waals surface area contributed by atoms with Gasteiger partial charge in [0, 0.05) is 36.3 Å². The van der Waals surface area contributed by atoms with E-state index in [1.54, 1.807) is 30.3 Å². The van der Waals surface area contributed by atoms with Gasteiger partial charge in [-0.25, -0.2) is 14.4 Å². The van der Waals surface area contributed by atoms with Gasteiger partial charge >= 0.3 is 0 Å². The number of hydrogen-bond acceptors (Lipinski definition) is 7. The minimum absolute atomic E-state index is 0.175. The number of rotatable bonds is 8. The predicted octanol–water partition coefficient (Wildman–Crippen LogP) is 5.68. The Hall–Kier alpha value is -4.21. The number of amides is 1. The minimum Gasteiger partial charge on any atom is -0.487 e. The minimum atomic E-state index is -0.353. The molecule has 3 aromatic carbocycles. The van der Waals surface area contributed by atoms with Crippen molar-refractivity contribution in [1.29, 1.82) is 0 Å². The molecule has 5 rings (SSSR count). The van der Waals surface area contributed by atoms with E-state index in [9.17, 15) is 9.18 Å². The Morgan fingerprint density at radius 3 is 2.61 bits per heavy atom. The van der Waals surface area contributed by atoms with Gasteiger partial charge in [0.2, 0.25) is 0 Å². The first kappa shape index (κ1) is 25.4. The number of benzene rings is 3. The average Bonchev–Trinajstić information content (AvgIpc) is 2.94. The third kappa shape index (κ3) is 6.37. The maximum Gasteiger partial charge on any atom is 0.261 e. The summed E-state index contributed by atoms with van der Waals surface area (Å²) >= 11 is 6.41. The standard InChI is InChI=1S/C28H25ClFN5O3/c29-25-15-22(6-9-26(25)38-17-19-2-1-3-20(30)14-19)33-27-24(16-31-18-32-27)28(36)34-21-4-7-23(8-5-21)35-10-12-37-13-11-35/h1-9,14-16,18H,10-13,17H2,(H,34,36)(H,31,32,33). The number of carbonyl (C=O) groups excluding carboxylic acids is 1. The molecule has 4 aromatic rings. The number of ether oxygens (including phenoxy) is 2. The summed E-state index contributed by atoms with van der Waals surface area (Å²) in [7, 11) is 0. The van der Waals surface area contributed by atoms with E-state index in [0.29, 0.717) is 46.7 Å². The van der Waals surface area contributed by atoms with Gasteiger partial charge in [-0.1, -0.05) is 23.7 Å². The molecule has 1 saturated heterocycles. The van der Waals surface area contributed by atoms with Gasteiger partial charge in [0.05, 0.1) is 18.2 Å². The van der Waals surface area contributed by atoms with Crippen LogP contribution in [0.2, 0.25) is 5.02 Å². The van der Waals surface area contributed by atoms with Gasteiger partial charge in [-0.2, -0.15) is 0 Å². The molecule has 194 valence electrons. The molecular formula is C28H25ClFN5O3. The molecule has 0 unspecified atom stereocenters. The quantitative estimate of drug-likeness (QED) is 0.301. The van der Waals surface area contributed by atoms with Crippen LogP contribution in [0.3, 0.4) is 0 Å². The normalized spacial score (nSPS) is 13.2. The van der Waals surface area contributed by atoms with Crippen LogP contribution >= 0.6 is 11.6 Å². The van der Waals surface area contributed by atoms with Gasteiger partial charge in [0.1, 0.15) is 35.9 Å². The number of nitrogens with zero attached hydrogens (tertiary/aromatic N) is 3. The molecular weight excluding hydrogens is 509 g/mol. The lowest BCUT2D eigenvalue weighted by atomic mass is 10.2. The van der Waals surface area contributed by atoms with Gasteiger partial charge < -0.3 is 25.0 Å². The van der Waals surface area contributed by atoms with Gasteiger partial charge in [0.25, 0.3) is 5.91 Å². The van der Waals surface area contributed by atoms with Crippen LogP contribution in [0, 0.1) is 5.82 Å². The van der Waals surface area contributed by atoms with Crippen molar-refractivity contribution in [3.63, 3.8) is 0 Å². The molecule has 2 N–H and O–H groups in total. The molecule has 1 fully saturated rings. The second-order valence-corrected chi connectivity index (χ2v) is 8.98. The first-order valence-corrected chi connectivity index (χ1v) is 12.4. The van der Waals surface area contributed by atoms with Crippen molar-refractivity contribution in [2.24, 2.45) is 0 Å². The summed E-state index contributed by atoms with van der Waals surface area (Å²) in [5.41, 5.74) is 3.31. The van der Waals surface area contributed by atoms with Gasteiger partial charge in [-0.05, 0) is 60.2 Å². The fourth-order valence-corrected chi connectivity index (χ4v) is 4.23. The molecule has 1 aromatic heterocycles. The lowest BCUT2D eigenvalue weighted by Gasteiger charge is -2.28. The fourth-order valence-electron chi connectivity index (χ4n) is 3.99. The molecule has 2 heterocycles. The van der Waals surface area contributed by atoms with Crippen LogP contribution in [0.1, 0.15) is 15.9 Å². The molecule has 0 aliphatic carbocycles. The van der Waals surface area contributed by atoms with Crippen LogP contribution in [0.4, 0.5) is 27.3 Å². The van der Waals surface area contributed by atoms with Crippen molar-refractivity contribution >= 4 is 40.4 Å². The smallest absolute Gasteiger partial charge is 0.261 e. The summed E-state index contributed by atoms with van der Waals surface area (Å²) in [6.45, 7) is 3.27. The Kier molecular flexibility index (Phi) is 7.96. The molecule has 1 aliphatic heterocycles. The summed E-state index contributed by atoms with van der Waals surface area (Å²) < 4.78 is 24.5. The number of aromatic nitrogens is 2. The van der Waals surface area contributed by atoms with E-state index in [1.165, 1.54) is 24.7 Å². The number of anilines is 4. The Bertz CT molecular complexity index is 1410. The summed E-state index contributed by atoms with van der Waals surface area (Å²) in [5.74, 6) is 0.0920. The zero-order valence-electron chi connectivity index (χ0n) is 20.4. The van der Waals surface area contributed by atoms with E-state index in [-0.39, 0.29) is 23.9 Å². The zero-order valence-corrected chi connectivity index (χ0v) is 21.1. The van der Waals surface area contributed by atoms with Crippen molar-refractivity contribution in [3.8, 4) is 5.75 Å². The predicted molar refractivity (Wildman–Crippen MR) is 145 cm³/mol. The van der Waals surface area contributed by atoms with Crippen molar-refractivity contribution in [3.05, 3.63) is 101 Å². The third-order valence-corrected chi connectivity index (χ3v) is 6.23. The monoisotopic (exact) mass is 533 g/mol. The lowest BCUT2D eigenvalue weighted by molar-refractivity contribution is 0.102. The molecule has 0 atom stereocenters. The van der Waals surface area contributed by atoms with E-state index in [0.717, 1.165) is 18.8 Å². The summed E-state index contributed by atoms with van der Waals surface area (Å²) in [5, 5.41) is 6.37. The highest BCUT2D eigenvalue weighted by Crippen LogP contribution is 2.30. The second kappa shape index (κ2) is 11.9. The Balaban J connectivity index is 1.24. The molecule has 10 heteroatoms. The summed E-state index contributed by atoms with van der Waals surface area (Å²) in [6, 6.07) is 19.0. The fraction of sp³-hybridized carbons (Fsp3) is 0.179. The van der Waals surface area contributed by atoms with E-state index in [2.05, 4.69) is 25.5 Å². The summed E-state index contributed by atoms with van der Waals surface area (Å²) in [4.78, 5) is 23.5. The van der Waals surface area contributed by atoms with E-state index >= 15 is 0 Å². The van der Waals surface area contributed by atoms with Crippen LogP contribution in [-0.4, -0.2) is 42.2 Å². The molecule has 1 amide bonds. The highest BCUT2D eigenvalue weighted by molar-refractivity contribution is 6.32. The van der Waals surface area contributed by atoms with Crippen LogP contribution in [0.25, 0.3) is 0 Å². The highest BCUT2D eigenvalue weighted by Gasteiger charge is 2.16. The van der Waals surface area contributed by atoms with Crippen molar-refractivity contribution in [1.82, 2.24) is 9.97 Å². The first-order valence-electron chi connectivity index (χ1n) is 12.0. The molecule has 38 heavy (non-hydrogen) atoms. The number of halogens is 2. The maximum absolute atomic E-state index is 13.4.